The van der Waals surface area contributed by atoms with E-state index in [1.54, 1.807) is 17.1 Å². The highest BCUT2D eigenvalue weighted by molar-refractivity contribution is 5.95. The number of fused-ring (bicyclic) bond motifs is 3. The van der Waals surface area contributed by atoms with Crippen LogP contribution in [0.1, 0.15) is 61.8 Å². The third kappa shape index (κ3) is 3.23. The normalized spacial score (nSPS) is 22.9. The van der Waals surface area contributed by atoms with E-state index in [0.29, 0.717) is 23.4 Å². The third-order valence-electron chi connectivity index (χ3n) is 5.20. The fourth-order valence-electron chi connectivity index (χ4n) is 3.59. The van der Waals surface area contributed by atoms with Gasteiger partial charge in [0.05, 0.1) is 24.5 Å². The van der Waals surface area contributed by atoms with Gasteiger partial charge in [0.25, 0.3) is 5.91 Å². The van der Waals surface area contributed by atoms with Gasteiger partial charge in [-0.15, -0.1) is 0 Å². The molecule has 0 aromatic carbocycles. The van der Waals surface area contributed by atoms with E-state index in [1.165, 1.54) is 0 Å². The third-order valence-corrected chi connectivity index (χ3v) is 5.20. The minimum absolute atomic E-state index is 0.116. The lowest BCUT2D eigenvalue weighted by atomic mass is 9.87. The van der Waals surface area contributed by atoms with Crippen LogP contribution in [0, 0.1) is 11.3 Å². The van der Waals surface area contributed by atoms with Crippen molar-refractivity contribution < 1.29 is 9.90 Å². The number of aromatic nitrogens is 2. The Labute approximate surface area is 153 Å². The number of hydrogen-bond donors (Lipinski definition) is 2. The van der Waals surface area contributed by atoms with Crippen molar-refractivity contribution in [2.24, 2.45) is 21.3 Å². The van der Waals surface area contributed by atoms with Crippen LogP contribution in [0.3, 0.4) is 0 Å². The van der Waals surface area contributed by atoms with Crippen molar-refractivity contribution in [1.82, 2.24) is 15.1 Å². The molecule has 2 N–H and O–H groups in total. The predicted octanol–water partition coefficient (Wildman–Crippen LogP) is 2.23. The second-order valence-electron chi connectivity index (χ2n) is 8.06. The van der Waals surface area contributed by atoms with Crippen LogP contribution in [0.15, 0.2) is 16.2 Å². The lowest BCUT2D eigenvalue weighted by Gasteiger charge is -2.29. The van der Waals surface area contributed by atoms with E-state index in [1.807, 2.05) is 27.7 Å². The number of aliphatic hydroxyl groups is 1. The van der Waals surface area contributed by atoms with Gasteiger partial charge in [0.15, 0.2) is 11.5 Å². The SMILES string of the molecule is C=N/C=C(\N=C/C)n1nc(C(=O)N[C@H](CO)C(C)(C)C)c2c1[C@@H]1C[C@@H]1C2. The van der Waals surface area contributed by atoms with Gasteiger partial charge < -0.3 is 10.4 Å². The van der Waals surface area contributed by atoms with Gasteiger partial charge in [-0.2, -0.15) is 5.10 Å². The molecule has 2 aliphatic carbocycles. The predicted molar refractivity (Wildman–Crippen MR) is 103 cm³/mol. The van der Waals surface area contributed by atoms with Crippen molar-refractivity contribution in [3.8, 4) is 0 Å². The fraction of sp³-hybridized carbons (Fsp3) is 0.579. The Morgan fingerprint density at radius 2 is 2.27 bits per heavy atom. The minimum Gasteiger partial charge on any atom is -0.394 e. The van der Waals surface area contributed by atoms with Crippen molar-refractivity contribution >= 4 is 24.7 Å². The molecule has 1 heterocycles. The van der Waals surface area contributed by atoms with E-state index in [0.717, 1.165) is 24.1 Å². The van der Waals surface area contributed by atoms with E-state index in [9.17, 15) is 9.90 Å². The van der Waals surface area contributed by atoms with E-state index in [-0.39, 0.29) is 24.0 Å². The van der Waals surface area contributed by atoms with Crippen LogP contribution in [0.5, 0.6) is 0 Å². The van der Waals surface area contributed by atoms with Gasteiger partial charge in [-0.3, -0.25) is 9.79 Å². The Kier molecular flexibility index (Phi) is 4.84. The van der Waals surface area contributed by atoms with Gasteiger partial charge in [0.1, 0.15) is 0 Å². The zero-order valence-electron chi connectivity index (χ0n) is 15.9. The molecule has 1 aromatic heterocycles. The number of carbonyl (C=O) groups is 1. The molecule has 0 spiro atoms. The first-order valence-electron chi connectivity index (χ1n) is 9.00. The summed E-state index contributed by atoms with van der Waals surface area (Å²) in [4.78, 5) is 21.1. The van der Waals surface area contributed by atoms with E-state index in [4.69, 9.17) is 0 Å². The van der Waals surface area contributed by atoms with Crippen molar-refractivity contribution in [2.45, 2.75) is 52.5 Å². The maximum atomic E-state index is 12.9. The first-order chi connectivity index (χ1) is 12.3. The number of nitrogens with one attached hydrogen (secondary N) is 1. The average Bonchev–Trinajstić information content (AvgIpc) is 3.07. The number of amides is 1. The smallest absolute Gasteiger partial charge is 0.272 e. The second kappa shape index (κ2) is 6.79. The Hall–Kier alpha value is -2.28. The fourth-order valence-corrected chi connectivity index (χ4v) is 3.59. The summed E-state index contributed by atoms with van der Waals surface area (Å²) in [5, 5.41) is 17.2. The Bertz CT molecular complexity index is 785. The molecular weight excluding hydrogens is 330 g/mol. The number of aliphatic hydroxyl groups excluding tert-OH is 1. The van der Waals surface area contributed by atoms with Gasteiger partial charge in [0, 0.05) is 17.7 Å². The summed E-state index contributed by atoms with van der Waals surface area (Å²) in [6.45, 7) is 11.2. The molecule has 1 amide bonds. The summed E-state index contributed by atoms with van der Waals surface area (Å²) in [6, 6.07) is -0.342. The molecule has 0 aliphatic heterocycles. The molecule has 0 radical (unpaired) electrons. The molecule has 26 heavy (non-hydrogen) atoms. The van der Waals surface area contributed by atoms with Gasteiger partial charge in [-0.1, -0.05) is 20.8 Å². The molecule has 7 nitrogen and oxygen atoms in total. The molecule has 1 aromatic rings. The number of aliphatic imine (C=N–C) groups is 2. The van der Waals surface area contributed by atoms with Crippen LogP contribution in [-0.2, 0) is 6.42 Å². The van der Waals surface area contributed by atoms with Crippen molar-refractivity contribution in [3.63, 3.8) is 0 Å². The Morgan fingerprint density at radius 1 is 1.54 bits per heavy atom. The number of nitrogens with zero attached hydrogens (tertiary/aromatic N) is 4. The standard InChI is InChI=1S/C19H27N5O2/c1-6-21-15(9-20-5)24-17-12-7-11(12)8-13(17)16(23-24)18(26)22-14(10-25)19(2,3)4/h6,9,11-12,14,25H,5,7-8,10H2,1-4H3,(H,22,26)/b15-9+,21-6-/t11-,12-,14-/m1/s1. The van der Waals surface area contributed by atoms with Gasteiger partial charge in [0.2, 0.25) is 0 Å². The number of carbonyl (C=O) groups excluding carboxylic acids is 1. The van der Waals surface area contributed by atoms with Crippen LogP contribution in [0.2, 0.25) is 0 Å². The van der Waals surface area contributed by atoms with Crippen LogP contribution in [-0.4, -0.2) is 46.4 Å². The quantitative estimate of drug-likeness (QED) is 0.765. The zero-order chi connectivity index (χ0) is 19.1. The molecule has 1 saturated carbocycles. The summed E-state index contributed by atoms with van der Waals surface area (Å²) in [5.41, 5.74) is 2.24. The molecular formula is C19H27N5O2. The van der Waals surface area contributed by atoms with Gasteiger partial charge in [-0.05, 0) is 37.8 Å². The topological polar surface area (TPSA) is 91.9 Å². The largest absolute Gasteiger partial charge is 0.394 e. The summed E-state index contributed by atoms with van der Waals surface area (Å²) in [5.74, 6) is 1.35. The molecule has 2 aliphatic rings. The van der Waals surface area contributed by atoms with E-state index < -0.39 is 0 Å². The minimum atomic E-state index is -0.342. The Morgan fingerprint density at radius 3 is 2.85 bits per heavy atom. The van der Waals surface area contributed by atoms with Crippen molar-refractivity contribution in [1.29, 1.82) is 0 Å². The van der Waals surface area contributed by atoms with Crippen LogP contribution >= 0.6 is 0 Å². The molecule has 3 rings (SSSR count). The summed E-state index contributed by atoms with van der Waals surface area (Å²) in [6.07, 6.45) is 5.22. The van der Waals surface area contributed by atoms with Gasteiger partial charge in [-0.25, -0.2) is 9.67 Å². The second-order valence-corrected chi connectivity index (χ2v) is 8.06. The average molecular weight is 357 g/mol. The van der Waals surface area contributed by atoms with Crippen molar-refractivity contribution in [2.75, 3.05) is 6.61 Å². The number of hydrogen-bond acceptors (Lipinski definition) is 5. The first kappa shape index (κ1) is 18.5. The van der Waals surface area contributed by atoms with Gasteiger partial charge >= 0.3 is 0 Å². The molecule has 140 valence electrons. The molecule has 1 fully saturated rings. The lowest BCUT2D eigenvalue weighted by molar-refractivity contribution is 0.0841. The molecule has 0 saturated heterocycles. The Balaban J connectivity index is 1.98. The highest BCUT2D eigenvalue weighted by atomic mass is 16.3. The maximum Gasteiger partial charge on any atom is 0.272 e. The van der Waals surface area contributed by atoms with E-state index in [2.05, 4.69) is 27.1 Å². The summed E-state index contributed by atoms with van der Waals surface area (Å²) < 4.78 is 1.74. The lowest BCUT2D eigenvalue weighted by Crippen LogP contribution is -2.46. The van der Waals surface area contributed by atoms with Crippen LogP contribution in [0.25, 0.3) is 5.82 Å². The highest BCUT2D eigenvalue weighted by Crippen LogP contribution is 2.57. The molecule has 0 bridgehead atoms. The molecule has 3 atom stereocenters. The van der Waals surface area contributed by atoms with Crippen molar-refractivity contribution in [3.05, 3.63) is 23.2 Å². The van der Waals surface area contributed by atoms with E-state index >= 15 is 0 Å². The summed E-state index contributed by atoms with van der Waals surface area (Å²) >= 11 is 0. The monoisotopic (exact) mass is 357 g/mol. The molecule has 0 unspecified atom stereocenters. The zero-order valence-corrected chi connectivity index (χ0v) is 15.9. The molecule has 7 heteroatoms. The first-order valence-corrected chi connectivity index (χ1v) is 9.00. The van der Waals surface area contributed by atoms with Crippen LogP contribution < -0.4 is 5.32 Å². The highest BCUT2D eigenvalue weighted by Gasteiger charge is 2.50. The van der Waals surface area contributed by atoms with Crippen LogP contribution in [0.4, 0.5) is 0 Å². The maximum absolute atomic E-state index is 12.9. The summed E-state index contributed by atoms with van der Waals surface area (Å²) in [7, 11) is 0. The number of rotatable bonds is 6.